The molecule has 3 nitrogen and oxygen atoms in total. The predicted octanol–water partition coefficient (Wildman–Crippen LogP) is 1.76. The van der Waals surface area contributed by atoms with Gasteiger partial charge in [-0.3, -0.25) is 0 Å². The molecular weight excluding hydrogens is 320 g/mol. The van der Waals surface area contributed by atoms with E-state index < -0.39 is 0 Å². The summed E-state index contributed by atoms with van der Waals surface area (Å²) in [5, 5.41) is 0. The molecule has 1 heterocycles. The molecule has 0 fully saturated rings. The number of unbranched alkanes of at least 4 members (excludes halogenated alkanes) is 5. The summed E-state index contributed by atoms with van der Waals surface area (Å²) in [5.41, 5.74) is 2.47. The van der Waals surface area contributed by atoms with Gasteiger partial charge in [0.25, 0.3) is 5.82 Å². The molecule has 0 N–H and O–H groups in total. The van der Waals surface area contributed by atoms with Crippen LogP contribution in [0.4, 0.5) is 0 Å². The maximum absolute atomic E-state index is 5.93. The monoisotopic (exact) mass is 350 g/mol. The van der Waals surface area contributed by atoms with Crippen molar-refractivity contribution in [3.63, 3.8) is 0 Å². The molecule has 4 heteroatoms. The van der Waals surface area contributed by atoms with Crippen molar-refractivity contribution < 1.29 is 21.7 Å². The highest BCUT2D eigenvalue weighted by Crippen LogP contribution is 2.14. The van der Waals surface area contributed by atoms with Crippen molar-refractivity contribution in [2.75, 3.05) is 6.61 Å². The standard InChI is InChI=1S/C20H31N2O.ClH/c1-4-6-7-8-9-12-16-23-17-22-18(3)21(15-5-2)19-13-10-11-14-20(19)22;/h5,10-11,13-14H,2,4,6-9,12,15-17H2,1,3H3;1H/q+1;/p-1. The molecule has 1 aromatic carbocycles. The van der Waals surface area contributed by atoms with Gasteiger partial charge in [0.15, 0.2) is 17.8 Å². The minimum absolute atomic E-state index is 0. The fourth-order valence-electron chi connectivity index (χ4n) is 3.08. The molecule has 0 aliphatic rings. The first-order valence-corrected chi connectivity index (χ1v) is 8.96. The molecule has 1 aromatic heterocycles. The Balaban J connectivity index is 0.00000288. The van der Waals surface area contributed by atoms with Crippen molar-refractivity contribution in [3.05, 3.63) is 42.7 Å². The molecule has 134 valence electrons. The Morgan fingerprint density at radius 3 is 2.58 bits per heavy atom. The van der Waals surface area contributed by atoms with Crippen LogP contribution in [0.15, 0.2) is 36.9 Å². The average molecular weight is 351 g/mol. The summed E-state index contributed by atoms with van der Waals surface area (Å²) in [6.45, 7) is 10.6. The SMILES string of the molecule is C=CCn1c(C)[n+](COCCCCCCCC)c2ccccc21.[Cl-]. The molecule has 2 aromatic rings. The van der Waals surface area contributed by atoms with Crippen molar-refractivity contribution in [2.45, 2.75) is 65.6 Å². The number of imidazole rings is 1. The summed E-state index contributed by atoms with van der Waals surface area (Å²) in [7, 11) is 0. The Labute approximate surface area is 152 Å². The number of rotatable bonds is 11. The van der Waals surface area contributed by atoms with Gasteiger partial charge < -0.3 is 17.1 Å². The van der Waals surface area contributed by atoms with Crippen LogP contribution in [-0.4, -0.2) is 11.2 Å². The molecule has 24 heavy (non-hydrogen) atoms. The zero-order chi connectivity index (χ0) is 16.5. The smallest absolute Gasteiger partial charge is 0.256 e. The molecule has 0 atom stereocenters. The first kappa shape index (κ1) is 20.7. The van der Waals surface area contributed by atoms with Crippen LogP contribution in [0, 0.1) is 6.92 Å². The Kier molecular flexibility index (Phi) is 9.73. The zero-order valence-electron chi connectivity index (χ0n) is 15.1. The predicted molar refractivity (Wildman–Crippen MR) is 96.4 cm³/mol. The van der Waals surface area contributed by atoms with Gasteiger partial charge in [-0.05, 0) is 18.6 Å². The Hall–Kier alpha value is -1.32. The number of allylic oxidation sites excluding steroid dienone is 1. The van der Waals surface area contributed by atoms with Crippen molar-refractivity contribution in [2.24, 2.45) is 0 Å². The number of hydrogen-bond acceptors (Lipinski definition) is 1. The third kappa shape index (κ3) is 5.35. The second-order valence-corrected chi connectivity index (χ2v) is 6.17. The molecule has 0 bridgehead atoms. The van der Waals surface area contributed by atoms with Crippen molar-refractivity contribution in [3.8, 4) is 0 Å². The highest BCUT2D eigenvalue weighted by atomic mass is 35.5. The fourth-order valence-corrected chi connectivity index (χ4v) is 3.08. The van der Waals surface area contributed by atoms with Gasteiger partial charge in [-0.2, -0.15) is 0 Å². The number of aromatic nitrogens is 2. The fraction of sp³-hybridized carbons (Fsp3) is 0.550. The van der Waals surface area contributed by atoms with Crippen LogP contribution in [0.25, 0.3) is 11.0 Å². The van der Waals surface area contributed by atoms with Crippen LogP contribution < -0.4 is 17.0 Å². The van der Waals surface area contributed by atoms with E-state index in [1.807, 2.05) is 6.08 Å². The summed E-state index contributed by atoms with van der Waals surface area (Å²) in [6.07, 6.45) is 9.75. The Bertz CT molecular complexity index is 621. The number of hydrogen-bond donors (Lipinski definition) is 0. The average Bonchev–Trinajstić information content (AvgIpc) is 2.83. The molecule has 2 rings (SSSR count). The van der Waals surface area contributed by atoms with Crippen molar-refractivity contribution in [1.29, 1.82) is 0 Å². The number of ether oxygens (including phenoxy) is 1. The molecule has 0 radical (unpaired) electrons. The number of benzene rings is 1. The highest BCUT2D eigenvalue weighted by molar-refractivity contribution is 5.72. The summed E-state index contributed by atoms with van der Waals surface area (Å²) in [5.74, 6) is 1.22. The molecule has 0 saturated carbocycles. The lowest BCUT2D eigenvalue weighted by Gasteiger charge is -2.04. The van der Waals surface area contributed by atoms with Gasteiger partial charge in [-0.15, -0.1) is 0 Å². The highest BCUT2D eigenvalue weighted by Gasteiger charge is 2.19. The normalized spacial score (nSPS) is 10.8. The molecular formula is C20H31ClN2O. The van der Waals surface area contributed by atoms with Gasteiger partial charge in [-0.25, -0.2) is 9.13 Å². The van der Waals surface area contributed by atoms with Gasteiger partial charge in [0.05, 0.1) is 6.61 Å². The second-order valence-electron chi connectivity index (χ2n) is 6.17. The Morgan fingerprint density at radius 1 is 1.12 bits per heavy atom. The molecule has 0 aliphatic heterocycles. The lowest BCUT2D eigenvalue weighted by atomic mass is 10.1. The second kappa shape index (κ2) is 11.3. The summed E-state index contributed by atoms with van der Waals surface area (Å²) >= 11 is 0. The number of halogens is 1. The maximum atomic E-state index is 5.93. The first-order chi connectivity index (χ1) is 11.3. The molecule has 0 unspecified atom stereocenters. The minimum Gasteiger partial charge on any atom is -1.00 e. The van der Waals surface area contributed by atoms with E-state index in [0.29, 0.717) is 6.73 Å². The topological polar surface area (TPSA) is 18.0 Å². The Morgan fingerprint density at radius 2 is 1.83 bits per heavy atom. The quantitative estimate of drug-likeness (QED) is 0.343. The van der Waals surface area contributed by atoms with Gasteiger partial charge in [0, 0.05) is 6.92 Å². The summed E-state index contributed by atoms with van der Waals surface area (Å²) in [6, 6.07) is 8.50. The number of para-hydroxylation sites is 2. The van der Waals surface area contributed by atoms with Gasteiger partial charge in [0.2, 0.25) is 0 Å². The molecule has 0 saturated heterocycles. The van der Waals surface area contributed by atoms with E-state index in [1.54, 1.807) is 0 Å². The van der Waals surface area contributed by atoms with Crippen LogP contribution in [0.5, 0.6) is 0 Å². The van der Waals surface area contributed by atoms with Crippen LogP contribution >= 0.6 is 0 Å². The summed E-state index contributed by atoms with van der Waals surface area (Å²) in [4.78, 5) is 0. The van der Waals surface area contributed by atoms with E-state index in [-0.39, 0.29) is 12.4 Å². The van der Waals surface area contributed by atoms with E-state index in [0.717, 1.165) is 19.6 Å². The number of fused-ring (bicyclic) bond motifs is 1. The molecule has 0 aliphatic carbocycles. The largest absolute Gasteiger partial charge is 1.00 e. The summed E-state index contributed by atoms with van der Waals surface area (Å²) < 4.78 is 10.5. The number of nitrogens with zero attached hydrogens (tertiary/aromatic N) is 2. The zero-order valence-corrected chi connectivity index (χ0v) is 15.9. The minimum atomic E-state index is 0. The van der Waals surface area contributed by atoms with E-state index in [2.05, 4.69) is 53.8 Å². The molecule has 0 spiro atoms. The van der Waals surface area contributed by atoms with Gasteiger partial charge >= 0.3 is 0 Å². The van der Waals surface area contributed by atoms with Crippen molar-refractivity contribution in [1.82, 2.24) is 4.57 Å². The third-order valence-electron chi connectivity index (χ3n) is 4.42. The maximum Gasteiger partial charge on any atom is 0.256 e. The van der Waals surface area contributed by atoms with Crippen molar-refractivity contribution >= 4 is 11.0 Å². The van der Waals surface area contributed by atoms with Crippen LogP contribution in [0.3, 0.4) is 0 Å². The lowest BCUT2D eigenvalue weighted by Crippen LogP contribution is -3.00. The molecule has 0 amide bonds. The van der Waals surface area contributed by atoms with E-state index in [1.165, 1.54) is 49.0 Å². The van der Waals surface area contributed by atoms with E-state index in [9.17, 15) is 0 Å². The van der Waals surface area contributed by atoms with E-state index in [4.69, 9.17) is 4.74 Å². The third-order valence-corrected chi connectivity index (χ3v) is 4.42. The van der Waals surface area contributed by atoms with Crippen LogP contribution in [0.1, 0.15) is 51.3 Å². The first-order valence-electron chi connectivity index (χ1n) is 8.96. The van der Waals surface area contributed by atoms with Crippen LogP contribution in [0.2, 0.25) is 0 Å². The van der Waals surface area contributed by atoms with E-state index >= 15 is 0 Å². The lowest BCUT2D eigenvalue weighted by molar-refractivity contribution is -0.715. The van der Waals surface area contributed by atoms with Crippen LogP contribution in [-0.2, 0) is 18.0 Å². The van der Waals surface area contributed by atoms with Gasteiger partial charge in [0.1, 0.15) is 6.54 Å². The van der Waals surface area contributed by atoms with Gasteiger partial charge in [-0.1, -0.05) is 63.8 Å².